The maximum Gasteiger partial charge on any atom is 0.259 e. The van der Waals surface area contributed by atoms with Gasteiger partial charge in [-0.2, -0.15) is 0 Å². The number of nitrogens with zero attached hydrogens (tertiary/aromatic N) is 1. The van der Waals surface area contributed by atoms with E-state index >= 15 is 0 Å². The van der Waals surface area contributed by atoms with Crippen LogP contribution in [0.5, 0.6) is 11.5 Å². The van der Waals surface area contributed by atoms with Crippen LogP contribution in [0, 0.1) is 0 Å². The fourth-order valence-electron chi connectivity index (χ4n) is 2.79. The molecule has 1 heterocycles. The molecule has 0 unspecified atom stereocenters. The summed E-state index contributed by atoms with van der Waals surface area (Å²) in [5.74, 6) is 0.637. The summed E-state index contributed by atoms with van der Waals surface area (Å²) in [7, 11) is 3.34. The first-order valence-corrected chi connectivity index (χ1v) is 9.65. The van der Waals surface area contributed by atoms with Crippen LogP contribution in [0.25, 0.3) is 0 Å². The maximum absolute atomic E-state index is 12.4. The minimum atomic E-state index is -0.421. The fourth-order valence-corrected chi connectivity index (χ4v) is 3.37. The van der Waals surface area contributed by atoms with Gasteiger partial charge in [0.25, 0.3) is 11.8 Å². The molecule has 8 heteroatoms. The molecule has 0 saturated carbocycles. The van der Waals surface area contributed by atoms with Crippen molar-refractivity contribution in [3.8, 4) is 11.5 Å². The molecular formula is C20H22BrN3O4. The van der Waals surface area contributed by atoms with Gasteiger partial charge in [-0.25, -0.2) is 0 Å². The zero-order chi connectivity index (χ0) is 20.3. The van der Waals surface area contributed by atoms with Crippen LogP contribution in [0.15, 0.2) is 40.9 Å². The number of halogens is 1. The van der Waals surface area contributed by atoms with Crippen molar-refractivity contribution in [2.75, 3.05) is 32.6 Å². The SMILES string of the molecule is CCOc1cc([C@H]2NC(=O)c3ccccc3N2)cc(Br)c1OCC(=O)N(C)C. The number of nitrogens with one attached hydrogen (secondary N) is 2. The number of rotatable bonds is 6. The van der Waals surface area contributed by atoms with Crippen molar-refractivity contribution >= 4 is 33.4 Å². The molecule has 2 N–H and O–H groups in total. The summed E-state index contributed by atoms with van der Waals surface area (Å²) in [5.41, 5.74) is 2.16. The topological polar surface area (TPSA) is 79.9 Å². The van der Waals surface area contributed by atoms with E-state index in [-0.39, 0.29) is 18.4 Å². The molecule has 148 valence electrons. The van der Waals surface area contributed by atoms with Crippen molar-refractivity contribution in [3.05, 3.63) is 52.0 Å². The lowest BCUT2D eigenvalue weighted by Crippen LogP contribution is -2.38. The summed E-state index contributed by atoms with van der Waals surface area (Å²) in [6, 6.07) is 11.0. The molecule has 0 aromatic heterocycles. The Kier molecular flexibility index (Phi) is 6.08. The minimum absolute atomic E-state index is 0.100. The van der Waals surface area contributed by atoms with Crippen LogP contribution >= 0.6 is 15.9 Å². The third-order valence-electron chi connectivity index (χ3n) is 4.25. The van der Waals surface area contributed by atoms with E-state index in [0.717, 1.165) is 11.3 Å². The number of fused-ring (bicyclic) bond motifs is 1. The van der Waals surface area contributed by atoms with Crippen LogP contribution in [-0.4, -0.2) is 44.0 Å². The Hall–Kier alpha value is -2.74. The average Bonchev–Trinajstić information content (AvgIpc) is 2.67. The lowest BCUT2D eigenvalue weighted by molar-refractivity contribution is -0.130. The molecule has 1 atom stereocenters. The van der Waals surface area contributed by atoms with Crippen LogP contribution in [0.1, 0.15) is 29.0 Å². The largest absolute Gasteiger partial charge is 0.490 e. The van der Waals surface area contributed by atoms with Gasteiger partial charge in [0.05, 0.1) is 16.6 Å². The molecule has 0 spiro atoms. The van der Waals surface area contributed by atoms with E-state index in [2.05, 4.69) is 26.6 Å². The Balaban J connectivity index is 1.89. The van der Waals surface area contributed by atoms with Crippen LogP contribution < -0.4 is 20.1 Å². The van der Waals surface area contributed by atoms with Gasteiger partial charge >= 0.3 is 0 Å². The third-order valence-corrected chi connectivity index (χ3v) is 4.84. The van der Waals surface area contributed by atoms with Crippen molar-refractivity contribution < 1.29 is 19.1 Å². The lowest BCUT2D eigenvalue weighted by Gasteiger charge is -2.29. The maximum atomic E-state index is 12.4. The minimum Gasteiger partial charge on any atom is -0.490 e. The lowest BCUT2D eigenvalue weighted by atomic mass is 10.1. The number of ether oxygens (including phenoxy) is 2. The number of para-hydroxylation sites is 1. The number of likely N-dealkylation sites (N-methyl/N-ethyl adjacent to an activating group) is 1. The van der Waals surface area contributed by atoms with Gasteiger partial charge in [0.1, 0.15) is 6.17 Å². The van der Waals surface area contributed by atoms with Gasteiger partial charge in [-0.1, -0.05) is 12.1 Å². The zero-order valence-corrected chi connectivity index (χ0v) is 17.5. The quantitative estimate of drug-likeness (QED) is 0.710. The number of carbonyl (C=O) groups is 2. The summed E-state index contributed by atoms with van der Waals surface area (Å²) in [5, 5.41) is 6.26. The molecule has 2 aromatic rings. The normalized spacial score (nSPS) is 15.1. The molecule has 2 amide bonds. The fraction of sp³-hybridized carbons (Fsp3) is 0.300. The van der Waals surface area contributed by atoms with E-state index in [0.29, 0.717) is 28.1 Å². The Morgan fingerprint density at radius 3 is 2.64 bits per heavy atom. The first-order valence-electron chi connectivity index (χ1n) is 8.86. The predicted molar refractivity (Wildman–Crippen MR) is 110 cm³/mol. The average molecular weight is 448 g/mol. The first kappa shape index (κ1) is 20.0. The predicted octanol–water partition coefficient (Wildman–Crippen LogP) is 3.17. The molecule has 0 bridgehead atoms. The standard InChI is InChI=1S/C20H22BrN3O4/c1-4-27-16-10-12(9-14(21)18(16)28-11-17(25)24(2)3)19-22-15-8-6-5-7-13(15)20(26)23-19/h5-10,19,22H,4,11H2,1-3H3,(H,23,26)/t19-/m1/s1. The summed E-state index contributed by atoms with van der Waals surface area (Å²) in [4.78, 5) is 25.7. The molecule has 0 aliphatic carbocycles. The first-order chi connectivity index (χ1) is 13.4. The van der Waals surface area contributed by atoms with E-state index in [9.17, 15) is 9.59 Å². The van der Waals surface area contributed by atoms with E-state index in [4.69, 9.17) is 9.47 Å². The van der Waals surface area contributed by atoms with Crippen molar-refractivity contribution in [2.45, 2.75) is 13.1 Å². The highest BCUT2D eigenvalue weighted by Gasteiger charge is 2.26. The van der Waals surface area contributed by atoms with Crippen molar-refractivity contribution in [3.63, 3.8) is 0 Å². The second-order valence-electron chi connectivity index (χ2n) is 6.44. The van der Waals surface area contributed by atoms with Gasteiger partial charge < -0.3 is 25.0 Å². The van der Waals surface area contributed by atoms with E-state index in [1.54, 1.807) is 26.2 Å². The Morgan fingerprint density at radius 1 is 1.18 bits per heavy atom. The number of anilines is 1. The number of amides is 2. The Bertz CT molecular complexity index is 901. The van der Waals surface area contributed by atoms with Crippen LogP contribution in [0.3, 0.4) is 0 Å². The molecule has 2 aromatic carbocycles. The summed E-state index contributed by atoms with van der Waals surface area (Å²) >= 11 is 3.50. The molecule has 0 saturated heterocycles. The van der Waals surface area contributed by atoms with Crippen LogP contribution in [0.4, 0.5) is 5.69 Å². The van der Waals surface area contributed by atoms with Gasteiger partial charge in [-0.05, 0) is 52.7 Å². The molecule has 1 aliphatic heterocycles. The molecular weight excluding hydrogens is 426 g/mol. The van der Waals surface area contributed by atoms with Gasteiger partial charge in [0, 0.05) is 19.8 Å². The molecule has 7 nitrogen and oxygen atoms in total. The highest BCUT2D eigenvalue weighted by Crippen LogP contribution is 2.39. The smallest absolute Gasteiger partial charge is 0.259 e. The number of hydrogen-bond donors (Lipinski definition) is 2. The second-order valence-corrected chi connectivity index (χ2v) is 7.29. The van der Waals surface area contributed by atoms with E-state index in [1.165, 1.54) is 4.90 Å². The van der Waals surface area contributed by atoms with Crippen molar-refractivity contribution in [1.29, 1.82) is 0 Å². The van der Waals surface area contributed by atoms with Gasteiger partial charge in [0.15, 0.2) is 18.1 Å². The van der Waals surface area contributed by atoms with E-state index < -0.39 is 6.17 Å². The number of carbonyl (C=O) groups excluding carboxylic acids is 2. The third kappa shape index (κ3) is 4.22. The highest BCUT2D eigenvalue weighted by molar-refractivity contribution is 9.10. The molecule has 28 heavy (non-hydrogen) atoms. The van der Waals surface area contributed by atoms with Crippen LogP contribution in [0.2, 0.25) is 0 Å². The zero-order valence-electron chi connectivity index (χ0n) is 15.9. The monoisotopic (exact) mass is 447 g/mol. The summed E-state index contributed by atoms with van der Waals surface area (Å²) < 4.78 is 12.0. The number of benzene rings is 2. The van der Waals surface area contributed by atoms with Gasteiger partial charge in [-0.15, -0.1) is 0 Å². The Labute approximate surface area is 172 Å². The van der Waals surface area contributed by atoms with Crippen molar-refractivity contribution in [1.82, 2.24) is 10.2 Å². The van der Waals surface area contributed by atoms with Crippen LogP contribution in [-0.2, 0) is 4.79 Å². The van der Waals surface area contributed by atoms with Gasteiger partial charge in [-0.3, -0.25) is 9.59 Å². The summed E-state index contributed by atoms with van der Waals surface area (Å²) in [6.45, 7) is 2.20. The molecule has 1 aliphatic rings. The number of hydrogen-bond acceptors (Lipinski definition) is 5. The highest BCUT2D eigenvalue weighted by atomic mass is 79.9. The summed E-state index contributed by atoms with van der Waals surface area (Å²) in [6.07, 6.45) is -0.421. The second kappa shape index (κ2) is 8.52. The molecule has 0 radical (unpaired) electrons. The van der Waals surface area contributed by atoms with Crippen molar-refractivity contribution in [2.24, 2.45) is 0 Å². The Morgan fingerprint density at radius 2 is 1.93 bits per heavy atom. The molecule has 0 fully saturated rings. The van der Waals surface area contributed by atoms with E-state index in [1.807, 2.05) is 31.2 Å². The van der Waals surface area contributed by atoms with Gasteiger partial charge in [0.2, 0.25) is 0 Å². The molecule has 3 rings (SSSR count).